The van der Waals surface area contributed by atoms with Crippen LogP contribution in [0.2, 0.25) is 0 Å². The summed E-state index contributed by atoms with van der Waals surface area (Å²) in [6.45, 7) is 3.15. The Kier molecular flexibility index (Phi) is 10.2. The number of aromatic nitrogens is 4. The largest absolute Gasteiger partial charge is 0.354 e. The first-order valence-electron chi connectivity index (χ1n) is 18.3. The number of carbonyl (C=O) groups is 2. The van der Waals surface area contributed by atoms with Crippen molar-refractivity contribution >= 4 is 122 Å². The Hall–Kier alpha value is -5.26. The topological polar surface area (TPSA) is 91.5 Å². The van der Waals surface area contributed by atoms with Crippen LogP contribution in [0.15, 0.2) is 127 Å². The highest BCUT2D eigenvalue weighted by molar-refractivity contribution is 9.11. The molecule has 0 saturated carbocycles. The van der Waals surface area contributed by atoms with Crippen LogP contribution < -0.4 is 0 Å². The number of halogens is 4. The van der Waals surface area contributed by atoms with Gasteiger partial charge in [0.15, 0.2) is 11.6 Å². The Labute approximate surface area is 367 Å². The predicted octanol–water partition coefficient (Wildman–Crippen LogP) is 14.8. The van der Waals surface area contributed by atoms with Gasteiger partial charge in [0.2, 0.25) is 0 Å². The van der Waals surface area contributed by atoms with Gasteiger partial charge >= 0.3 is 0 Å². The molecule has 2 N–H and O–H groups in total. The molecular formula is C48H30Br4N4O2. The van der Waals surface area contributed by atoms with Crippen molar-refractivity contribution in [2.75, 3.05) is 0 Å². The number of nitrogens with one attached hydrogen (secondary N) is 2. The van der Waals surface area contributed by atoms with Crippen LogP contribution in [0.25, 0.3) is 90.9 Å². The molecule has 0 radical (unpaired) electrons. The standard InChI is InChI=1S/C48H30Br4N4O2/c1-25(57)27-9-13-29(14-10-27)43-35-17-21-39(53-35)47(45-31(49)5-3-6-32(45)50)41-23-19-37(55-41)44(30-15-11-28(12-16-30)26(2)58)38-20-24-42(56-38)48(40-22-18-36(43)54-40)46-33(51)7-4-8-34(46)52/h3-24,53,56H,1-2H3. The zero-order valence-electron chi connectivity index (χ0n) is 30.9. The van der Waals surface area contributed by atoms with Gasteiger partial charge in [0.25, 0.3) is 0 Å². The summed E-state index contributed by atoms with van der Waals surface area (Å²) in [5.41, 5.74) is 14.9. The van der Waals surface area contributed by atoms with Gasteiger partial charge in [-0.3, -0.25) is 9.59 Å². The van der Waals surface area contributed by atoms with Crippen LogP contribution in [0.4, 0.5) is 0 Å². The van der Waals surface area contributed by atoms with E-state index in [1.807, 2.05) is 97.1 Å². The Bertz CT molecular complexity index is 2850. The zero-order chi connectivity index (χ0) is 40.2. The number of rotatable bonds is 6. The van der Waals surface area contributed by atoms with E-state index in [1.54, 1.807) is 13.8 Å². The summed E-state index contributed by atoms with van der Waals surface area (Å²) in [4.78, 5) is 43.0. The summed E-state index contributed by atoms with van der Waals surface area (Å²) in [5.74, 6) is 0.00426. The third kappa shape index (κ3) is 6.91. The zero-order valence-corrected chi connectivity index (χ0v) is 37.3. The van der Waals surface area contributed by atoms with Gasteiger partial charge in [0.1, 0.15) is 0 Å². The molecule has 0 fully saturated rings. The minimum absolute atomic E-state index is 0.00213. The number of fused-ring (bicyclic) bond motifs is 8. The molecule has 58 heavy (non-hydrogen) atoms. The number of nitrogens with zero attached hydrogens (tertiary/aromatic N) is 2. The predicted molar refractivity (Wildman–Crippen MR) is 251 cm³/mol. The van der Waals surface area contributed by atoms with Crippen LogP contribution in [0, 0.1) is 0 Å². The van der Waals surface area contributed by atoms with Crippen molar-refractivity contribution in [3.8, 4) is 44.5 Å². The van der Waals surface area contributed by atoms with Gasteiger partial charge in [-0.25, -0.2) is 9.97 Å². The first kappa shape index (κ1) is 38.3. The lowest BCUT2D eigenvalue weighted by Gasteiger charge is -2.10. The van der Waals surface area contributed by atoms with Crippen LogP contribution in [0.1, 0.15) is 57.3 Å². The van der Waals surface area contributed by atoms with Gasteiger partial charge in [0, 0.05) is 84.5 Å². The lowest BCUT2D eigenvalue weighted by atomic mass is 10.0. The molecule has 0 spiro atoms. The number of carbonyl (C=O) groups excluding carboxylic acids is 2. The van der Waals surface area contributed by atoms with Crippen LogP contribution in [-0.4, -0.2) is 31.5 Å². The molecule has 5 heterocycles. The average molecular weight is 1010 g/mol. The highest BCUT2D eigenvalue weighted by Gasteiger charge is 2.22. The van der Waals surface area contributed by atoms with Crippen molar-refractivity contribution in [3.63, 3.8) is 0 Å². The van der Waals surface area contributed by atoms with Crippen LogP contribution >= 0.6 is 63.7 Å². The average Bonchev–Trinajstić information content (AvgIpc) is 4.05. The number of hydrogen-bond donors (Lipinski definition) is 2. The summed E-state index contributed by atoms with van der Waals surface area (Å²) in [7, 11) is 0. The molecule has 2 aliphatic heterocycles. The molecule has 282 valence electrons. The molecule has 0 atom stereocenters. The van der Waals surface area contributed by atoms with Crippen molar-refractivity contribution in [1.82, 2.24) is 19.9 Å². The molecule has 6 nitrogen and oxygen atoms in total. The first-order chi connectivity index (χ1) is 28.0. The minimum atomic E-state index is 0.00213. The van der Waals surface area contributed by atoms with Gasteiger partial charge in [-0.1, -0.05) is 124 Å². The maximum Gasteiger partial charge on any atom is 0.159 e. The summed E-state index contributed by atoms with van der Waals surface area (Å²) >= 11 is 15.4. The van der Waals surface area contributed by atoms with Gasteiger partial charge in [-0.2, -0.15) is 0 Å². The second-order valence-corrected chi connectivity index (χ2v) is 17.4. The van der Waals surface area contributed by atoms with Crippen molar-refractivity contribution in [2.45, 2.75) is 13.8 Å². The Morgan fingerprint density at radius 2 is 0.690 bits per heavy atom. The first-order valence-corrected chi connectivity index (χ1v) is 21.5. The van der Waals surface area contributed by atoms with E-state index in [-0.39, 0.29) is 11.6 Å². The molecule has 4 aromatic carbocycles. The molecule has 7 aromatic rings. The number of H-pyrrole nitrogens is 2. The number of Topliss-reactive ketones (excluding diaryl/α,β-unsaturated/α-hetero) is 2. The molecule has 2 aliphatic rings. The number of benzene rings is 4. The molecule has 9 rings (SSSR count). The van der Waals surface area contributed by atoms with Gasteiger partial charge < -0.3 is 9.97 Å². The smallest absolute Gasteiger partial charge is 0.159 e. The van der Waals surface area contributed by atoms with E-state index < -0.39 is 0 Å². The molecule has 0 aliphatic carbocycles. The summed E-state index contributed by atoms with van der Waals surface area (Å²) in [5, 5.41) is 0. The van der Waals surface area contributed by atoms with E-state index >= 15 is 0 Å². The molecule has 0 amide bonds. The quantitative estimate of drug-likeness (QED) is 0.162. The van der Waals surface area contributed by atoms with Crippen molar-refractivity contribution in [1.29, 1.82) is 0 Å². The third-order valence-corrected chi connectivity index (χ3v) is 13.0. The monoisotopic (exact) mass is 1010 g/mol. The van der Waals surface area contributed by atoms with Gasteiger partial charge in [-0.15, -0.1) is 0 Å². The van der Waals surface area contributed by atoms with E-state index in [9.17, 15) is 9.59 Å². The molecular weight excluding hydrogens is 984 g/mol. The Morgan fingerprint density at radius 3 is 1.00 bits per heavy atom. The molecule has 8 bridgehead atoms. The second-order valence-electron chi connectivity index (χ2n) is 14.0. The van der Waals surface area contributed by atoms with Crippen molar-refractivity contribution in [2.24, 2.45) is 0 Å². The lowest BCUT2D eigenvalue weighted by Crippen LogP contribution is -1.93. The summed E-state index contributed by atoms with van der Waals surface area (Å²) in [6.07, 6.45) is 8.19. The van der Waals surface area contributed by atoms with E-state index in [2.05, 4.69) is 110 Å². The fraction of sp³-hybridized carbons (Fsp3) is 0.0417. The Morgan fingerprint density at radius 1 is 0.397 bits per heavy atom. The van der Waals surface area contributed by atoms with E-state index in [0.717, 1.165) is 107 Å². The highest BCUT2D eigenvalue weighted by atomic mass is 79.9. The van der Waals surface area contributed by atoms with Crippen molar-refractivity contribution < 1.29 is 9.59 Å². The number of hydrogen-bond acceptors (Lipinski definition) is 4. The minimum Gasteiger partial charge on any atom is -0.354 e. The lowest BCUT2D eigenvalue weighted by molar-refractivity contribution is 0.100. The molecule has 0 unspecified atom stereocenters. The normalized spacial score (nSPS) is 12.0. The molecule has 3 aromatic heterocycles. The number of ketones is 2. The van der Waals surface area contributed by atoms with Crippen LogP contribution in [0.3, 0.4) is 0 Å². The highest BCUT2D eigenvalue weighted by Crippen LogP contribution is 2.44. The molecule has 10 heteroatoms. The third-order valence-electron chi connectivity index (χ3n) is 10.3. The molecule has 0 saturated heterocycles. The Balaban J connectivity index is 1.48. The van der Waals surface area contributed by atoms with E-state index in [0.29, 0.717) is 11.1 Å². The van der Waals surface area contributed by atoms with Crippen LogP contribution in [0.5, 0.6) is 0 Å². The van der Waals surface area contributed by atoms with Gasteiger partial charge in [-0.05, 0) is 97.8 Å². The summed E-state index contributed by atoms with van der Waals surface area (Å²) in [6, 6.07) is 35.7. The fourth-order valence-electron chi connectivity index (χ4n) is 7.56. The SMILES string of the molecule is CC(=O)c1ccc(-c2c3nc(c(-c4c(Br)cccc4Br)c4ccc([nH]4)c(-c4ccc(C(C)=O)cc4)c4nc(c(-c5c(Br)cccc5Br)c5ccc2[nH]5)C=C4)C=C3)cc1. The van der Waals surface area contributed by atoms with E-state index in [4.69, 9.17) is 9.97 Å². The second kappa shape index (κ2) is 15.5. The van der Waals surface area contributed by atoms with E-state index in [1.165, 1.54) is 0 Å². The number of aromatic amines is 2. The fourth-order valence-corrected chi connectivity index (χ4v) is 10.3. The maximum atomic E-state index is 12.3. The van der Waals surface area contributed by atoms with Crippen LogP contribution in [-0.2, 0) is 0 Å². The summed E-state index contributed by atoms with van der Waals surface area (Å²) < 4.78 is 3.60. The maximum absolute atomic E-state index is 12.3. The van der Waals surface area contributed by atoms with Gasteiger partial charge in [0.05, 0.1) is 22.8 Å². The van der Waals surface area contributed by atoms with Crippen molar-refractivity contribution in [3.05, 3.63) is 161 Å².